The Labute approximate surface area is 121 Å². The predicted molar refractivity (Wildman–Crippen MR) is 78.5 cm³/mol. The number of likely N-dealkylation sites (tertiary alicyclic amines) is 1. The Hall–Kier alpha value is -1.10. The molecule has 5 heteroatoms. The molecule has 3 atom stereocenters. The summed E-state index contributed by atoms with van der Waals surface area (Å²) in [4.78, 5) is 25.1. The molecular weight excluding hydrogens is 256 g/mol. The summed E-state index contributed by atoms with van der Waals surface area (Å²) in [5.41, 5.74) is 0. The third kappa shape index (κ3) is 5.12. The van der Waals surface area contributed by atoms with E-state index in [9.17, 15) is 9.59 Å². The summed E-state index contributed by atoms with van der Waals surface area (Å²) in [5.74, 6) is -2.21. The van der Waals surface area contributed by atoms with Gasteiger partial charge in [-0.1, -0.05) is 20.3 Å². The SMILES string of the molecule is CC(C(=O)O)C(C)C(=O)NCCCN1CCCCC1C. The zero-order valence-corrected chi connectivity index (χ0v) is 12.9. The fourth-order valence-corrected chi connectivity index (χ4v) is 2.59. The van der Waals surface area contributed by atoms with Gasteiger partial charge in [0.2, 0.25) is 5.91 Å². The highest BCUT2D eigenvalue weighted by Gasteiger charge is 2.25. The van der Waals surface area contributed by atoms with E-state index in [1.165, 1.54) is 19.3 Å². The van der Waals surface area contributed by atoms with Gasteiger partial charge in [-0.2, -0.15) is 0 Å². The molecule has 1 fully saturated rings. The number of carbonyl (C=O) groups excluding carboxylic acids is 1. The Morgan fingerprint density at radius 2 is 2.00 bits per heavy atom. The number of piperidine rings is 1. The zero-order chi connectivity index (χ0) is 15.1. The molecule has 2 N–H and O–H groups in total. The molecule has 3 unspecified atom stereocenters. The van der Waals surface area contributed by atoms with Crippen molar-refractivity contribution in [2.75, 3.05) is 19.6 Å². The Bertz CT molecular complexity index is 333. The maximum Gasteiger partial charge on any atom is 0.307 e. The lowest BCUT2D eigenvalue weighted by atomic mass is 9.95. The lowest BCUT2D eigenvalue weighted by Gasteiger charge is -2.33. The normalized spacial score (nSPS) is 23.1. The van der Waals surface area contributed by atoms with Gasteiger partial charge in [-0.15, -0.1) is 0 Å². The molecule has 1 aliphatic heterocycles. The molecule has 1 heterocycles. The molecule has 0 aromatic carbocycles. The molecule has 5 nitrogen and oxygen atoms in total. The van der Waals surface area contributed by atoms with E-state index >= 15 is 0 Å². The minimum atomic E-state index is -0.921. The van der Waals surface area contributed by atoms with Crippen molar-refractivity contribution in [3.05, 3.63) is 0 Å². The number of carbonyl (C=O) groups is 2. The number of carboxylic acids is 1. The first-order valence-electron chi connectivity index (χ1n) is 7.68. The van der Waals surface area contributed by atoms with Crippen LogP contribution in [0, 0.1) is 11.8 Å². The Morgan fingerprint density at radius 3 is 2.60 bits per heavy atom. The first kappa shape index (κ1) is 17.0. The summed E-state index contributed by atoms with van der Waals surface area (Å²) in [6.45, 7) is 8.28. The standard InChI is InChI=1S/C15H28N2O3/c1-11-7-4-5-9-17(11)10-6-8-16-14(18)12(2)13(3)15(19)20/h11-13H,4-10H2,1-3H3,(H,16,18)(H,19,20). The second kappa shape index (κ2) is 8.25. The van der Waals surface area contributed by atoms with Gasteiger partial charge >= 0.3 is 5.97 Å². The number of nitrogens with one attached hydrogen (secondary N) is 1. The smallest absolute Gasteiger partial charge is 0.307 e. The number of carboxylic acid groups (broad SMARTS) is 1. The second-order valence-electron chi connectivity index (χ2n) is 5.94. The van der Waals surface area contributed by atoms with Gasteiger partial charge in [-0.25, -0.2) is 0 Å². The summed E-state index contributed by atoms with van der Waals surface area (Å²) in [5, 5.41) is 11.7. The number of amides is 1. The summed E-state index contributed by atoms with van der Waals surface area (Å²) >= 11 is 0. The van der Waals surface area contributed by atoms with Crippen molar-refractivity contribution in [3.8, 4) is 0 Å². The molecule has 1 rings (SSSR count). The van der Waals surface area contributed by atoms with Gasteiger partial charge in [0.25, 0.3) is 0 Å². The van der Waals surface area contributed by atoms with Gasteiger partial charge in [-0.05, 0) is 32.7 Å². The second-order valence-corrected chi connectivity index (χ2v) is 5.94. The zero-order valence-electron chi connectivity index (χ0n) is 12.9. The lowest BCUT2D eigenvalue weighted by molar-refractivity contribution is -0.146. The molecule has 1 saturated heterocycles. The van der Waals surface area contributed by atoms with Crippen LogP contribution in [-0.4, -0.2) is 47.6 Å². The average Bonchev–Trinajstić information content (AvgIpc) is 2.43. The van der Waals surface area contributed by atoms with Crippen molar-refractivity contribution in [3.63, 3.8) is 0 Å². The summed E-state index contributed by atoms with van der Waals surface area (Å²) in [6, 6.07) is 0.644. The van der Waals surface area contributed by atoms with Crippen molar-refractivity contribution in [2.24, 2.45) is 11.8 Å². The van der Waals surface area contributed by atoms with Crippen LogP contribution in [0.1, 0.15) is 46.5 Å². The van der Waals surface area contributed by atoms with E-state index in [4.69, 9.17) is 5.11 Å². The number of hydrogen-bond donors (Lipinski definition) is 2. The van der Waals surface area contributed by atoms with Crippen LogP contribution in [0.25, 0.3) is 0 Å². The summed E-state index contributed by atoms with van der Waals surface area (Å²) in [6.07, 6.45) is 4.77. The highest BCUT2D eigenvalue weighted by atomic mass is 16.4. The molecule has 0 bridgehead atoms. The quantitative estimate of drug-likeness (QED) is 0.698. The summed E-state index contributed by atoms with van der Waals surface area (Å²) in [7, 11) is 0. The number of nitrogens with zero attached hydrogens (tertiary/aromatic N) is 1. The van der Waals surface area contributed by atoms with Crippen molar-refractivity contribution in [1.82, 2.24) is 10.2 Å². The van der Waals surface area contributed by atoms with Gasteiger partial charge in [0.05, 0.1) is 5.92 Å². The highest BCUT2D eigenvalue weighted by molar-refractivity contribution is 5.84. The van der Waals surface area contributed by atoms with Crippen LogP contribution in [-0.2, 0) is 9.59 Å². The van der Waals surface area contributed by atoms with E-state index in [0.717, 1.165) is 19.5 Å². The van der Waals surface area contributed by atoms with Crippen LogP contribution >= 0.6 is 0 Å². The van der Waals surface area contributed by atoms with Crippen molar-refractivity contribution in [2.45, 2.75) is 52.5 Å². The molecule has 0 saturated carbocycles. The van der Waals surface area contributed by atoms with E-state index in [1.54, 1.807) is 13.8 Å². The van der Waals surface area contributed by atoms with Gasteiger partial charge in [0, 0.05) is 25.0 Å². The Kier molecular flexibility index (Phi) is 6.99. The first-order valence-corrected chi connectivity index (χ1v) is 7.68. The molecular formula is C15H28N2O3. The maximum absolute atomic E-state index is 11.8. The van der Waals surface area contributed by atoms with Crippen LogP contribution in [0.4, 0.5) is 0 Å². The molecule has 0 aromatic heterocycles. The number of rotatable bonds is 7. The molecule has 116 valence electrons. The fraction of sp³-hybridized carbons (Fsp3) is 0.867. The van der Waals surface area contributed by atoms with Crippen LogP contribution in [0.2, 0.25) is 0 Å². The van der Waals surface area contributed by atoms with Crippen molar-refractivity contribution in [1.29, 1.82) is 0 Å². The third-order valence-electron chi connectivity index (χ3n) is 4.41. The minimum absolute atomic E-state index is 0.161. The molecule has 0 spiro atoms. The van der Waals surface area contributed by atoms with Gasteiger partial charge < -0.3 is 15.3 Å². The van der Waals surface area contributed by atoms with E-state index in [0.29, 0.717) is 12.6 Å². The number of aliphatic carboxylic acids is 1. The Balaban J connectivity index is 2.20. The van der Waals surface area contributed by atoms with Gasteiger partial charge in [0.15, 0.2) is 0 Å². The monoisotopic (exact) mass is 284 g/mol. The van der Waals surface area contributed by atoms with Gasteiger partial charge in [0.1, 0.15) is 0 Å². The van der Waals surface area contributed by atoms with Gasteiger partial charge in [-0.3, -0.25) is 9.59 Å². The van der Waals surface area contributed by atoms with Crippen LogP contribution in [0.15, 0.2) is 0 Å². The maximum atomic E-state index is 11.8. The van der Waals surface area contributed by atoms with Crippen LogP contribution in [0.3, 0.4) is 0 Å². The van der Waals surface area contributed by atoms with E-state index in [-0.39, 0.29) is 5.91 Å². The molecule has 0 aromatic rings. The van der Waals surface area contributed by atoms with E-state index < -0.39 is 17.8 Å². The molecule has 0 radical (unpaired) electrons. The number of hydrogen-bond acceptors (Lipinski definition) is 3. The molecule has 0 aliphatic carbocycles. The average molecular weight is 284 g/mol. The topological polar surface area (TPSA) is 69.6 Å². The van der Waals surface area contributed by atoms with Crippen LogP contribution in [0.5, 0.6) is 0 Å². The van der Waals surface area contributed by atoms with Crippen LogP contribution < -0.4 is 5.32 Å². The van der Waals surface area contributed by atoms with E-state index in [2.05, 4.69) is 17.1 Å². The molecule has 20 heavy (non-hydrogen) atoms. The summed E-state index contributed by atoms with van der Waals surface area (Å²) < 4.78 is 0. The fourth-order valence-electron chi connectivity index (χ4n) is 2.59. The van der Waals surface area contributed by atoms with Crippen molar-refractivity contribution >= 4 is 11.9 Å². The first-order chi connectivity index (χ1) is 9.43. The molecule has 1 amide bonds. The lowest BCUT2D eigenvalue weighted by Crippen LogP contribution is -2.40. The predicted octanol–water partition coefficient (Wildman–Crippen LogP) is 1.72. The largest absolute Gasteiger partial charge is 0.481 e. The molecule has 1 aliphatic rings. The van der Waals surface area contributed by atoms with E-state index in [1.807, 2.05) is 0 Å². The third-order valence-corrected chi connectivity index (χ3v) is 4.41. The minimum Gasteiger partial charge on any atom is -0.481 e. The van der Waals surface area contributed by atoms with Crippen molar-refractivity contribution < 1.29 is 14.7 Å². The Morgan fingerprint density at radius 1 is 1.30 bits per heavy atom. The highest BCUT2D eigenvalue weighted by Crippen LogP contribution is 2.16.